The van der Waals surface area contributed by atoms with Gasteiger partial charge in [0.1, 0.15) is 12.7 Å². The first kappa shape index (κ1) is 23.3. The lowest BCUT2D eigenvalue weighted by molar-refractivity contribution is -0.660. The molecule has 0 bridgehead atoms. The molecule has 0 aliphatic carbocycles. The molecule has 1 aliphatic rings. The zero-order valence-corrected chi connectivity index (χ0v) is 22.5. The molecule has 4 heteroatoms. The lowest BCUT2D eigenvalue weighted by atomic mass is 9.96. The first-order valence-corrected chi connectivity index (χ1v) is 13.3. The van der Waals surface area contributed by atoms with Crippen LogP contribution in [0.3, 0.4) is 0 Å². The molecule has 39 heavy (non-hydrogen) atoms. The van der Waals surface area contributed by atoms with Crippen molar-refractivity contribution in [2.75, 3.05) is 4.90 Å². The monoisotopic (exact) mass is 509 g/mol. The number of pyridine rings is 1. The Hall–Kier alpha value is -4.83. The van der Waals surface area contributed by atoms with Crippen LogP contribution in [0.5, 0.6) is 11.7 Å². The van der Waals surface area contributed by atoms with E-state index < -0.39 is 0 Å². The van der Waals surface area contributed by atoms with Crippen molar-refractivity contribution >= 4 is 28.0 Å². The zero-order valence-electron chi connectivity index (χ0n) is 22.5. The van der Waals surface area contributed by atoms with Crippen molar-refractivity contribution in [2.24, 2.45) is 7.05 Å². The molecule has 0 saturated heterocycles. The largest absolute Gasteiger partial charge is 0.423 e. The summed E-state index contributed by atoms with van der Waals surface area (Å²) in [5.41, 5.74) is 12.0. The third-order valence-corrected chi connectivity index (χ3v) is 7.67. The van der Waals surface area contributed by atoms with Crippen molar-refractivity contribution < 1.29 is 13.7 Å². The summed E-state index contributed by atoms with van der Waals surface area (Å²) in [7, 11) is 2.07. The van der Waals surface area contributed by atoms with E-state index in [9.17, 15) is 0 Å². The minimum absolute atomic E-state index is 0.514. The van der Waals surface area contributed by atoms with Crippen LogP contribution >= 0.6 is 0 Å². The lowest BCUT2D eigenvalue weighted by Gasteiger charge is -2.32. The average molecular weight is 510 g/mol. The molecule has 0 N–H and O–H groups in total. The number of rotatable bonds is 3. The molecule has 0 atom stereocenters. The second-order valence-electron chi connectivity index (χ2n) is 10.3. The Morgan fingerprint density at radius 1 is 0.667 bits per heavy atom. The van der Waals surface area contributed by atoms with Gasteiger partial charge in [0, 0.05) is 17.5 Å². The zero-order chi connectivity index (χ0) is 26.7. The molecule has 0 spiro atoms. The second-order valence-corrected chi connectivity index (χ2v) is 10.3. The predicted octanol–water partition coefficient (Wildman–Crippen LogP) is 9.09. The number of anilines is 3. The summed E-state index contributed by atoms with van der Waals surface area (Å²) in [6.45, 7) is 6.51. The number of aryl methyl sites for hydroxylation is 4. The van der Waals surface area contributed by atoms with Crippen LogP contribution in [0, 0.1) is 20.8 Å². The summed E-state index contributed by atoms with van der Waals surface area (Å²) in [5.74, 6) is 1.29. The molecule has 6 aromatic rings. The van der Waals surface area contributed by atoms with Gasteiger partial charge in [-0.2, -0.15) is 0 Å². The molecular weight excluding hydrogens is 480 g/mol. The third kappa shape index (κ3) is 3.63. The fraction of sp³-hybridized carbons (Fsp3) is 0.114. The highest BCUT2D eigenvalue weighted by Gasteiger charge is 2.34. The summed E-state index contributed by atoms with van der Waals surface area (Å²) in [5, 5.41) is 1.02. The molecule has 0 radical (unpaired) electrons. The molecule has 2 aromatic heterocycles. The van der Waals surface area contributed by atoms with Gasteiger partial charge >= 0.3 is 5.95 Å². The summed E-state index contributed by atoms with van der Waals surface area (Å²) < 4.78 is 15.2. The Bertz CT molecular complexity index is 1860. The Morgan fingerprint density at radius 3 is 2.15 bits per heavy atom. The van der Waals surface area contributed by atoms with Gasteiger partial charge in [0.2, 0.25) is 5.69 Å². The van der Waals surface area contributed by atoms with Crippen LogP contribution in [0.15, 0.2) is 108 Å². The molecule has 0 fully saturated rings. The van der Waals surface area contributed by atoms with Crippen LogP contribution in [-0.2, 0) is 7.05 Å². The van der Waals surface area contributed by atoms with Crippen molar-refractivity contribution in [2.45, 2.75) is 20.8 Å². The predicted molar refractivity (Wildman–Crippen MR) is 157 cm³/mol. The number of nitrogens with zero attached hydrogens (tertiary/aromatic N) is 2. The number of fused-ring (bicyclic) bond motifs is 4. The Balaban J connectivity index is 1.50. The molecular formula is C35H29N2O2+. The van der Waals surface area contributed by atoms with E-state index in [0.29, 0.717) is 5.95 Å². The van der Waals surface area contributed by atoms with Crippen molar-refractivity contribution in [1.29, 1.82) is 0 Å². The maximum absolute atomic E-state index is 6.62. The highest BCUT2D eigenvalue weighted by atomic mass is 16.6. The van der Waals surface area contributed by atoms with E-state index in [1.165, 1.54) is 22.3 Å². The maximum atomic E-state index is 6.62. The van der Waals surface area contributed by atoms with Gasteiger partial charge < -0.3 is 9.15 Å². The molecule has 190 valence electrons. The Kier molecular flexibility index (Phi) is 5.31. The molecule has 7 rings (SSSR count). The quantitative estimate of drug-likeness (QED) is 0.223. The number of ether oxygens (including phenoxy) is 1. The number of aromatic nitrogens is 1. The number of hydrogen-bond donors (Lipinski definition) is 0. The minimum Gasteiger partial charge on any atom is -0.423 e. The molecule has 0 amide bonds. The first-order valence-electron chi connectivity index (χ1n) is 13.3. The van der Waals surface area contributed by atoms with E-state index in [1.807, 2.05) is 18.2 Å². The summed E-state index contributed by atoms with van der Waals surface area (Å²) in [4.78, 5) is 2.32. The van der Waals surface area contributed by atoms with Gasteiger partial charge in [-0.15, -0.1) is 0 Å². The molecule has 4 aromatic carbocycles. The molecule has 1 aliphatic heterocycles. The van der Waals surface area contributed by atoms with Gasteiger partial charge in [0.25, 0.3) is 0 Å². The average Bonchev–Trinajstić information content (AvgIpc) is 3.31. The van der Waals surface area contributed by atoms with E-state index >= 15 is 0 Å². The van der Waals surface area contributed by atoms with Gasteiger partial charge in [-0.05, 0) is 85.0 Å². The minimum atomic E-state index is 0.514. The standard InChI is InChI=1S/C35H29N2O2/c1-22-17-18-27-33-35(39-34(27)31(22)29-15-10-11-19-36(29)4)38-30-16-9-8-14-28(30)37(33)32-23(2)20-26(21-24(32)3)25-12-6-5-7-13-25/h5-21H,1-4H3/q+1. The number of benzene rings is 4. The van der Waals surface area contributed by atoms with Crippen LogP contribution in [0.4, 0.5) is 17.1 Å². The molecule has 0 saturated carbocycles. The van der Waals surface area contributed by atoms with Crippen molar-refractivity contribution in [3.63, 3.8) is 0 Å². The maximum Gasteiger partial charge on any atom is 0.316 e. The normalized spacial score (nSPS) is 12.3. The van der Waals surface area contributed by atoms with E-state index in [2.05, 4.69) is 122 Å². The highest BCUT2D eigenvalue weighted by Crippen LogP contribution is 2.57. The Morgan fingerprint density at radius 2 is 1.38 bits per heavy atom. The van der Waals surface area contributed by atoms with E-state index in [4.69, 9.17) is 9.15 Å². The van der Waals surface area contributed by atoms with Crippen LogP contribution < -0.4 is 14.2 Å². The summed E-state index contributed by atoms with van der Waals surface area (Å²) in [6, 6.07) is 33.9. The van der Waals surface area contributed by atoms with E-state index in [1.54, 1.807) is 0 Å². The van der Waals surface area contributed by atoms with Gasteiger partial charge in [-0.25, -0.2) is 4.57 Å². The van der Waals surface area contributed by atoms with Crippen molar-refractivity contribution in [3.8, 4) is 34.1 Å². The van der Waals surface area contributed by atoms with Crippen LogP contribution in [0.1, 0.15) is 16.7 Å². The topological polar surface area (TPSA) is 29.5 Å². The van der Waals surface area contributed by atoms with E-state index in [-0.39, 0.29) is 0 Å². The van der Waals surface area contributed by atoms with Gasteiger partial charge in [-0.3, -0.25) is 4.90 Å². The van der Waals surface area contributed by atoms with E-state index in [0.717, 1.165) is 50.6 Å². The number of para-hydroxylation sites is 2. The summed E-state index contributed by atoms with van der Waals surface area (Å²) in [6.07, 6.45) is 2.07. The van der Waals surface area contributed by atoms with Crippen LogP contribution in [0.2, 0.25) is 0 Å². The van der Waals surface area contributed by atoms with Gasteiger partial charge in [0.15, 0.2) is 17.5 Å². The molecule has 0 unspecified atom stereocenters. The highest BCUT2D eigenvalue weighted by molar-refractivity contribution is 6.07. The van der Waals surface area contributed by atoms with Gasteiger partial charge in [0.05, 0.1) is 16.9 Å². The molecule has 3 heterocycles. The first-order chi connectivity index (χ1) is 19.0. The van der Waals surface area contributed by atoms with Crippen molar-refractivity contribution in [3.05, 3.63) is 120 Å². The molecule has 4 nitrogen and oxygen atoms in total. The van der Waals surface area contributed by atoms with Gasteiger partial charge in [-0.1, -0.05) is 48.5 Å². The van der Waals surface area contributed by atoms with Crippen LogP contribution in [-0.4, -0.2) is 0 Å². The fourth-order valence-corrected chi connectivity index (χ4v) is 5.89. The smallest absolute Gasteiger partial charge is 0.316 e. The fourth-order valence-electron chi connectivity index (χ4n) is 5.89. The van der Waals surface area contributed by atoms with Crippen LogP contribution in [0.25, 0.3) is 33.4 Å². The number of hydrogen-bond acceptors (Lipinski definition) is 3. The summed E-state index contributed by atoms with van der Waals surface area (Å²) >= 11 is 0. The van der Waals surface area contributed by atoms with Crippen molar-refractivity contribution in [1.82, 2.24) is 0 Å². The Labute approximate surface area is 228 Å². The SMILES string of the molecule is Cc1cc(-c2ccccc2)cc(C)c1N1c2ccccc2Oc2oc3c(-c4cccc[n+]4C)c(C)ccc3c21. The number of furan rings is 1. The lowest BCUT2D eigenvalue weighted by Crippen LogP contribution is -2.30. The second kappa shape index (κ2) is 8.88. The third-order valence-electron chi connectivity index (χ3n) is 7.67.